The van der Waals surface area contributed by atoms with Crippen LogP contribution in [0.5, 0.6) is 5.75 Å². The number of esters is 1. The molecule has 2 heterocycles. The lowest BCUT2D eigenvalue weighted by Gasteiger charge is -2.12. The third-order valence-electron chi connectivity index (χ3n) is 3.28. The van der Waals surface area contributed by atoms with Crippen LogP contribution in [0.2, 0.25) is 0 Å². The highest BCUT2D eigenvalue weighted by Gasteiger charge is 2.15. The number of carbonyl (C=O) groups is 1. The van der Waals surface area contributed by atoms with Crippen LogP contribution in [0.4, 0.5) is 8.78 Å². The van der Waals surface area contributed by atoms with Gasteiger partial charge in [-0.05, 0) is 30.3 Å². The van der Waals surface area contributed by atoms with Crippen molar-refractivity contribution >= 4 is 32.9 Å². The fourth-order valence-corrected chi connectivity index (χ4v) is 2.64. The Bertz CT molecular complexity index is 883. The molecule has 5 nitrogen and oxygen atoms in total. The Morgan fingerprint density at radius 3 is 2.92 bits per heavy atom. The van der Waals surface area contributed by atoms with Gasteiger partial charge in [0.15, 0.2) is 0 Å². The van der Waals surface area contributed by atoms with Gasteiger partial charge in [0.1, 0.15) is 18.0 Å². The van der Waals surface area contributed by atoms with Gasteiger partial charge in [-0.15, -0.1) is 0 Å². The highest BCUT2D eigenvalue weighted by atomic mass is 79.9. The van der Waals surface area contributed by atoms with Gasteiger partial charge in [-0.25, -0.2) is 9.78 Å². The maximum absolute atomic E-state index is 12.5. The summed E-state index contributed by atoms with van der Waals surface area (Å²) in [6.07, 6.45) is 3.15. The SMILES string of the molecule is O=C(OCc1cc(Br)ccc1OC(F)F)c1ccnc2[nH]ccc12. The second-order valence-electron chi connectivity index (χ2n) is 4.81. The molecule has 0 spiro atoms. The number of nitrogens with zero attached hydrogens (tertiary/aromatic N) is 1. The van der Waals surface area contributed by atoms with E-state index in [2.05, 4.69) is 30.6 Å². The van der Waals surface area contributed by atoms with Crippen molar-refractivity contribution in [3.8, 4) is 5.75 Å². The van der Waals surface area contributed by atoms with E-state index in [1.54, 1.807) is 24.4 Å². The van der Waals surface area contributed by atoms with Crippen molar-refractivity contribution in [2.45, 2.75) is 13.2 Å². The van der Waals surface area contributed by atoms with Gasteiger partial charge in [-0.1, -0.05) is 15.9 Å². The van der Waals surface area contributed by atoms with Crippen LogP contribution in [-0.2, 0) is 11.3 Å². The summed E-state index contributed by atoms with van der Waals surface area (Å²) < 4.78 is 35.2. The molecule has 0 amide bonds. The van der Waals surface area contributed by atoms with Crippen molar-refractivity contribution in [1.29, 1.82) is 0 Å². The normalized spacial score (nSPS) is 11.0. The fourth-order valence-electron chi connectivity index (χ4n) is 2.23. The van der Waals surface area contributed by atoms with Crippen molar-refractivity contribution in [1.82, 2.24) is 9.97 Å². The number of pyridine rings is 1. The second kappa shape index (κ2) is 6.96. The second-order valence-corrected chi connectivity index (χ2v) is 5.72. The van der Waals surface area contributed by atoms with E-state index in [0.29, 0.717) is 26.6 Å². The molecule has 0 unspecified atom stereocenters. The van der Waals surface area contributed by atoms with Crippen LogP contribution < -0.4 is 4.74 Å². The molecular weight excluding hydrogens is 386 g/mol. The third kappa shape index (κ3) is 3.53. The molecule has 24 heavy (non-hydrogen) atoms. The molecule has 124 valence electrons. The van der Waals surface area contributed by atoms with E-state index in [9.17, 15) is 13.6 Å². The maximum atomic E-state index is 12.5. The number of H-pyrrole nitrogens is 1. The zero-order valence-corrected chi connectivity index (χ0v) is 13.7. The topological polar surface area (TPSA) is 64.2 Å². The molecule has 0 bridgehead atoms. The number of halogens is 3. The van der Waals surface area contributed by atoms with Crippen molar-refractivity contribution < 1.29 is 23.0 Å². The highest BCUT2D eigenvalue weighted by molar-refractivity contribution is 9.10. The Kier molecular flexibility index (Phi) is 4.75. The van der Waals surface area contributed by atoms with Crippen LogP contribution in [0, 0.1) is 0 Å². The minimum atomic E-state index is -2.96. The number of alkyl halides is 2. The van der Waals surface area contributed by atoms with Gasteiger partial charge >= 0.3 is 12.6 Å². The fraction of sp³-hybridized carbons (Fsp3) is 0.125. The Hall–Kier alpha value is -2.48. The van der Waals surface area contributed by atoms with Crippen molar-refractivity contribution in [2.75, 3.05) is 0 Å². The zero-order valence-electron chi connectivity index (χ0n) is 12.1. The van der Waals surface area contributed by atoms with Gasteiger partial charge < -0.3 is 14.5 Å². The Balaban J connectivity index is 1.79. The maximum Gasteiger partial charge on any atom is 0.387 e. The van der Waals surface area contributed by atoms with Crippen LogP contribution in [0.15, 0.2) is 47.2 Å². The number of aromatic nitrogens is 2. The predicted octanol–water partition coefficient (Wildman–Crippen LogP) is 4.28. The Labute approximate surface area is 143 Å². The lowest BCUT2D eigenvalue weighted by atomic mass is 10.2. The van der Waals surface area contributed by atoms with E-state index >= 15 is 0 Å². The molecule has 0 saturated heterocycles. The van der Waals surface area contributed by atoms with E-state index in [0.717, 1.165) is 0 Å². The first kappa shape index (κ1) is 16.4. The molecule has 3 rings (SSSR count). The summed E-state index contributed by atoms with van der Waals surface area (Å²) in [7, 11) is 0. The molecule has 2 aromatic heterocycles. The number of carbonyl (C=O) groups excluding carboxylic acids is 1. The predicted molar refractivity (Wildman–Crippen MR) is 86.0 cm³/mol. The summed E-state index contributed by atoms with van der Waals surface area (Å²) in [6, 6.07) is 7.76. The number of fused-ring (bicyclic) bond motifs is 1. The smallest absolute Gasteiger partial charge is 0.387 e. The van der Waals surface area contributed by atoms with Gasteiger partial charge in [0.2, 0.25) is 0 Å². The number of nitrogens with one attached hydrogen (secondary N) is 1. The van der Waals surface area contributed by atoms with Crippen molar-refractivity contribution in [3.63, 3.8) is 0 Å². The molecule has 8 heteroatoms. The molecule has 3 aromatic rings. The summed E-state index contributed by atoms with van der Waals surface area (Å²) in [5.74, 6) is -0.618. The number of benzene rings is 1. The van der Waals surface area contributed by atoms with Gasteiger partial charge in [0, 0.05) is 27.8 Å². The number of hydrogen-bond donors (Lipinski definition) is 1. The van der Waals surface area contributed by atoms with E-state index in [-0.39, 0.29) is 12.4 Å². The van der Waals surface area contributed by atoms with Gasteiger partial charge in [-0.3, -0.25) is 0 Å². The molecule has 0 saturated carbocycles. The van der Waals surface area contributed by atoms with Crippen LogP contribution in [0.1, 0.15) is 15.9 Å². The summed E-state index contributed by atoms with van der Waals surface area (Å²) in [5, 5.41) is 0.626. The molecule has 0 aliphatic carbocycles. The quantitative estimate of drug-likeness (QED) is 0.653. The van der Waals surface area contributed by atoms with E-state index in [1.165, 1.54) is 18.3 Å². The first-order valence-corrected chi connectivity index (χ1v) is 7.66. The van der Waals surface area contributed by atoms with E-state index in [1.807, 2.05) is 0 Å². The van der Waals surface area contributed by atoms with Crippen molar-refractivity contribution in [2.24, 2.45) is 0 Å². The number of ether oxygens (including phenoxy) is 2. The molecule has 1 aromatic carbocycles. The molecule has 0 aliphatic heterocycles. The van der Waals surface area contributed by atoms with E-state index in [4.69, 9.17) is 4.74 Å². The largest absolute Gasteiger partial charge is 0.457 e. The number of aromatic amines is 1. The van der Waals surface area contributed by atoms with Crippen LogP contribution >= 0.6 is 15.9 Å². The summed E-state index contributed by atoms with van der Waals surface area (Å²) in [5.41, 5.74) is 1.23. The molecule has 0 aliphatic rings. The first-order chi connectivity index (χ1) is 11.5. The summed E-state index contributed by atoms with van der Waals surface area (Å²) in [6.45, 7) is -3.16. The van der Waals surface area contributed by atoms with Crippen LogP contribution in [0.25, 0.3) is 11.0 Å². The minimum absolute atomic E-state index is 0.0393. The van der Waals surface area contributed by atoms with Crippen LogP contribution in [0.3, 0.4) is 0 Å². The van der Waals surface area contributed by atoms with Crippen molar-refractivity contribution in [3.05, 3.63) is 58.3 Å². The minimum Gasteiger partial charge on any atom is -0.457 e. The molecule has 0 fully saturated rings. The monoisotopic (exact) mass is 396 g/mol. The zero-order chi connectivity index (χ0) is 17.1. The average Bonchev–Trinajstić information content (AvgIpc) is 3.02. The van der Waals surface area contributed by atoms with Gasteiger partial charge in [-0.2, -0.15) is 8.78 Å². The Morgan fingerprint density at radius 2 is 2.12 bits per heavy atom. The third-order valence-corrected chi connectivity index (χ3v) is 3.77. The standard InChI is InChI=1S/C16H11BrF2N2O3/c17-10-1-2-13(24-16(18)19)9(7-10)8-23-15(22)12-4-6-21-14-11(12)3-5-20-14/h1-7,16H,8H2,(H,20,21). The molecular formula is C16H11BrF2N2O3. The Morgan fingerprint density at radius 1 is 1.29 bits per heavy atom. The lowest BCUT2D eigenvalue weighted by molar-refractivity contribution is -0.0510. The molecule has 0 atom stereocenters. The van der Waals surface area contributed by atoms with Crippen LogP contribution in [-0.4, -0.2) is 22.5 Å². The first-order valence-electron chi connectivity index (χ1n) is 6.87. The highest BCUT2D eigenvalue weighted by Crippen LogP contribution is 2.26. The van der Waals surface area contributed by atoms with Gasteiger partial charge in [0.05, 0.1) is 5.56 Å². The number of hydrogen-bond acceptors (Lipinski definition) is 4. The lowest BCUT2D eigenvalue weighted by Crippen LogP contribution is -2.09. The summed E-state index contributed by atoms with van der Waals surface area (Å²) >= 11 is 3.25. The molecule has 0 radical (unpaired) electrons. The van der Waals surface area contributed by atoms with Gasteiger partial charge in [0.25, 0.3) is 0 Å². The summed E-state index contributed by atoms with van der Waals surface area (Å²) in [4.78, 5) is 19.3. The number of rotatable bonds is 5. The van der Waals surface area contributed by atoms with E-state index < -0.39 is 12.6 Å². The molecule has 1 N–H and O–H groups in total. The average molecular weight is 397 g/mol.